The van der Waals surface area contributed by atoms with Gasteiger partial charge in [0.1, 0.15) is 0 Å². The van der Waals surface area contributed by atoms with Crippen LogP contribution in [0.3, 0.4) is 0 Å². The lowest BCUT2D eigenvalue weighted by molar-refractivity contribution is 0.194. The second-order valence-electron chi connectivity index (χ2n) is 6.75. The maximum absolute atomic E-state index is 13.1. The molecule has 3 rings (SSSR count). The fraction of sp³-hybridized carbons (Fsp3) is 0.600. The molecule has 134 valence electrons. The van der Waals surface area contributed by atoms with E-state index in [9.17, 15) is 16.8 Å². The number of benzene rings is 1. The van der Waals surface area contributed by atoms with Crippen molar-refractivity contribution in [2.45, 2.75) is 16.9 Å². The maximum atomic E-state index is 13.1. The van der Waals surface area contributed by atoms with Crippen molar-refractivity contribution >= 4 is 20.0 Å². The van der Waals surface area contributed by atoms with Gasteiger partial charge >= 0.3 is 0 Å². The maximum Gasteiger partial charge on any atom is 0.244 e. The molecule has 0 saturated carbocycles. The molecule has 0 amide bonds. The fourth-order valence-electron chi connectivity index (χ4n) is 3.65. The van der Waals surface area contributed by atoms with Gasteiger partial charge < -0.3 is 4.90 Å². The van der Waals surface area contributed by atoms with Crippen molar-refractivity contribution in [1.29, 1.82) is 0 Å². The van der Waals surface area contributed by atoms with Gasteiger partial charge in [0.2, 0.25) is 20.0 Å². The van der Waals surface area contributed by atoms with Crippen LogP contribution in [0.1, 0.15) is 12.0 Å². The summed E-state index contributed by atoms with van der Waals surface area (Å²) < 4.78 is 52.9. The van der Waals surface area contributed by atoms with Crippen molar-refractivity contribution in [2.24, 2.45) is 0 Å². The average molecular weight is 374 g/mol. The van der Waals surface area contributed by atoms with Crippen molar-refractivity contribution < 1.29 is 16.8 Å². The quantitative estimate of drug-likeness (QED) is 0.749. The van der Waals surface area contributed by atoms with Crippen LogP contribution in [0.5, 0.6) is 0 Å². The summed E-state index contributed by atoms with van der Waals surface area (Å²) in [4.78, 5) is 2.23. The van der Waals surface area contributed by atoms with Gasteiger partial charge in [-0.25, -0.2) is 16.8 Å². The van der Waals surface area contributed by atoms with Gasteiger partial charge in [0.25, 0.3) is 0 Å². The molecule has 1 fully saturated rings. The molecule has 1 atom stereocenters. The third-order valence-electron chi connectivity index (χ3n) is 4.87. The van der Waals surface area contributed by atoms with Gasteiger partial charge in [-0.3, -0.25) is 0 Å². The number of likely N-dealkylation sites (N-methyl/N-ethyl adjacent to an activating group) is 1. The predicted molar refractivity (Wildman–Crippen MR) is 91.6 cm³/mol. The molecule has 9 heteroatoms. The predicted octanol–water partition coefficient (Wildman–Crippen LogP) is 0.113. The number of hydrogen-bond donors (Lipinski definition) is 0. The van der Waals surface area contributed by atoms with E-state index in [0.717, 1.165) is 5.56 Å². The molecule has 0 bridgehead atoms. The van der Waals surface area contributed by atoms with Crippen LogP contribution in [0.15, 0.2) is 29.2 Å². The second-order valence-corrected chi connectivity index (χ2v) is 10.6. The van der Waals surface area contributed by atoms with Crippen LogP contribution in [0.2, 0.25) is 0 Å². The highest BCUT2D eigenvalue weighted by atomic mass is 32.2. The SMILES string of the molecule is CN(C)CCN1C2(CCN(S(C)(=O)=O)C2)c2ccccc2S1(=O)=O. The molecule has 7 nitrogen and oxygen atoms in total. The third kappa shape index (κ3) is 2.68. The summed E-state index contributed by atoms with van der Waals surface area (Å²) in [6.45, 7) is 1.42. The lowest BCUT2D eigenvalue weighted by Gasteiger charge is -2.34. The third-order valence-corrected chi connectivity index (χ3v) is 8.14. The van der Waals surface area contributed by atoms with Crippen LogP contribution in [0, 0.1) is 0 Å². The molecule has 1 spiro atoms. The van der Waals surface area contributed by atoms with Crippen LogP contribution in [-0.4, -0.2) is 76.9 Å². The normalized spacial score (nSPS) is 27.2. The molecule has 0 aromatic heterocycles. The Bertz CT molecular complexity index is 851. The molecule has 2 heterocycles. The average Bonchev–Trinajstić information content (AvgIpc) is 2.99. The first-order chi connectivity index (χ1) is 11.1. The summed E-state index contributed by atoms with van der Waals surface area (Å²) in [5, 5.41) is 0. The summed E-state index contributed by atoms with van der Waals surface area (Å²) in [6.07, 6.45) is 1.65. The first kappa shape index (κ1) is 17.8. The largest absolute Gasteiger partial charge is 0.308 e. The molecule has 0 N–H and O–H groups in total. The van der Waals surface area contributed by atoms with Gasteiger partial charge in [0, 0.05) is 26.2 Å². The van der Waals surface area contributed by atoms with Crippen molar-refractivity contribution in [3.63, 3.8) is 0 Å². The molecular formula is C15H23N3O4S2. The van der Waals surface area contributed by atoms with Crippen molar-refractivity contribution in [3.05, 3.63) is 29.8 Å². The lowest BCUT2D eigenvalue weighted by Crippen LogP contribution is -2.48. The molecule has 1 unspecified atom stereocenters. The minimum Gasteiger partial charge on any atom is -0.308 e. The molecule has 2 aliphatic heterocycles. The smallest absolute Gasteiger partial charge is 0.244 e. The lowest BCUT2D eigenvalue weighted by atomic mass is 9.89. The van der Waals surface area contributed by atoms with Crippen molar-refractivity contribution in [1.82, 2.24) is 13.5 Å². The molecule has 0 aliphatic carbocycles. The number of hydrogen-bond acceptors (Lipinski definition) is 5. The Kier molecular flexibility index (Phi) is 4.28. The van der Waals surface area contributed by atoms with Gasteiger partial charge in [-0.1, -0.05) is 18.2 Å². The highest BCUT2D eigenvalue weighted by molar-refractivity contribution is 7.89. The number of nitrogens with zero attached hydrogens (tertiary/aromatic N) is 3. The number of fused-ring (bicyclic) bond motifs is 2. The Labute approximate surface area is 144 Å². The minimum absolute atomic E-state index is 0.176. The van der Waals surface area contributed by atoms with E-state index in [-0.39, 0.29) is 6.54 Å². The first-order valence-electron chi connectivity index (χ1n) is 7.81. The van der Waals surface area contributed by atoms with E-state index in [1.54, 1.807) is 12.1 Å². The highest BCUT2D eigenvalue weighted by Gasteiger charge is 2.57. The van der Waals surface area contributed by atoms with E-state index in [0.29, 0.717) is 31.0 Å². The zero-order valence-corrected chi connectivity index (χ0v) is 15.8. The summed E-state index contributed by atoms with van der Waals surface area (Å²) in [6, 6.07) is 6.96. The van der Waals surface area contributed by atoms with E-state index >= 15 is 0 Å². The summed E-state index contributed by atoms with van der Waals surface area (Å²) in [5.74, 6) is 0. The van der Waals surface area contributed by atoms with Gasteiger partial charge in [-0.05, 0) is 32.1 Å². The molecule has 1 saturated heterocycles. The van der Waals surface area contributed by atoms with Crippen LogP contribution >= 0.6 is 0 Å². The van der Waals surface area contributed by atoms with Crippen LogP contribution in [0.4, 0.5) is 0 Å². The molecule has 0 radical (unpaired) electrons. The zero-order chi connectivity index (χ0) is 17.8. The minimum atomic E-state index is -3.62. The summed E-state index contributed by atoms with van der Waals surface area (Å²) in [5.41, 5.74) is -0.0796. The van der Waals surface area contributed by atoms with Crippen LogP contribution < -0.4 is 0 Å². The Balaban J connectivity index is 2.11. The Morgan fingerprint density at radius 1 is 1.25 bits per heavy atom. The molecular weight excluding hydrogens is 350 g/mol. The first-order valence-corrected chi connectivity index (χ1v) is 11.1. The van der Waals surface area contributed by atoms with E-state index in [4.69, 9.17) is 0 Å². The summed E-state index contributed by atoms with van der Waals surface area (Å²) in [7, 11) is -3.20. The van der Waals surface area contributed by atoms with Gasteiger partial charge in [0.15, 0.2) is 0 Å². The van der Waals surface area contributed by atoms with E-state index in [1.807, 2.05) is 31.1 Å². The molecule has 2 aliphatic rings. The van der Waals surface area contributed by atoms with Crippen molar-refractivity contribution in [2.75, 3.05) is 46.5 Å². The van der Waals surface area contributed by atoms with Crippen LogP contribution in [-0.2, 0) is 25.6 Å². The van der Waals surface area contributed by atoms with Gasteiger partial charge in [0.05, 0.1) is 16.7 Å². The van der Waals surface area contributed by atoms with Crippen LogP contribution in [0.25, 0.3) is 0 Å². The van der Waals surface area contributed by atoms with E-state index in [1.165, 1.54) is 14.9 Å². The van der Waals surface area contributed by atoms with Crippen molar-refractivity contribution in [3.8, 4) is 0 Å². The fourth-order valence-corrected chi connectivity index (χ4v) is 6.57. The highest BCUT2D eigenvalue weighted by Crippen LogP contribution is 2.49. The monoisotopic (exact) mass is 373 g/mol. The second kappa shape index (κ2) is 5.77. The van der Waals surface area contributed by atoms with E-state index in [2.05, 4.69) is 0 Å². The zero-order valence-electron chi connectivity index (χ0n) is 14.1. The Morgan fingerprint density at radius 3 is 2.50 bits per heavy atom. The molecule has 1 aromatic carbocycles. The Hall–Kier alpha value is -1.00. The van der Waals surface area contributed by atoms with E-state index < -0.39 is 25.6 Å². The van der Waals surface area contributed by atoms with Gasteiger partial charge in [-0.15, -0.1) is 0 Å². The molecule has 1 aromatic rings. The standard InChI is InChI=1S/C15H23N3O4S2/c1-16(2)10-11-18-15(8-9-17(12-15)23(3,19)20)13-6-4-5-7-14(13)24(18,21)22/h4-7H,8-12H2,1-3H3. The topological polar surface area (TPSA) is 78.0 Å². The number of sulfonamides is 2. The van der Waals surface area contributed by atoms with Gasteiger partial charge in [-0.2, -0.15) is 8.61 Å². The summed E-state index contributed by atoms with van der Waals surface area (Å²) >= 11 is 0. The number of rotatable bonds is 4. The molecule has 24 heavy (non-hydrogen) atoms. The Morgan fingerprint density at radius 2 is 1.92 bits per heavy atom.